The molecular weight excluding hydrogens is 361 g/mol. The molecule has 7 heteroatoms. The van der Waals surface area contributed by atoms with Gasteiger partial charge in [0.2, 0.25) is 5.88 Å². The number of carbonyl (C=O) groups is 1. The Balaban J connectivity index is 1.43. The first-order valence-electron chi connectivity index (χ1n) is 8.20. The summed E-state index contributed by atoms with van der Waals surface area (Å²) in [7, 11) is 0. The van der Waals surface area contributed by atoms with Gasteiger partial charge in [-0.25, -0.2) is 9.78 Å². The number of carbonyl (C=O) groups excluding carboxylic acids is 1. The highest BCUT2D eigenvalue weighted by Crippen LogP contribution is 2.25. The van der Waals surface area contributed by atoms with Gasteiger partial charge in [-0.3, -0.25) is 0 Å². The molecule has 2 N–H and O–H groups in total. The number of hydrogen-bond donors (Lipinski definition) is 2. The van der Waals surface area contributed by atoms with Gasteiger partial charge in [-0.1, -0.05) is 29.3 Å². The highest BCUT2D eigenvalue weighted by Gasteiger charge is 2.23. The van der Waals surface area contributed by atoms with Crippen molar-refractivity contribution in [1.82, 2.24) is 10.3 Å². The second-order valence-corrected chi connectivity index (χ2v) is 6.80. The molecule has 0 aliphatic heterocycles. The zero-order chi connectivity index (χ0) is 17.6. The van der Waals surface area contributed by atoms with Crippen molar-refractivity contribution in [2.45, 2.75) is 37.8 Å². The van der Waals surface area contributed by atoms with E-state index in [-0.39, 0.29) is 18.2 Å². The summed E-state index contributed by atoms with van der Waals surface area (Å²) in [6, 6.07) is 10.5. The van der Waals surface area contributed by atoms with Gasteiger partial charge in [-0.2, -0.15) is 0 Å². The van der Waals surface area contributed by atoms with Gasteiger partial charge in [0.1, 0.15) is 6.10 Å². The fourth-order valence-corrected chi connectivity index (χ4v) is 3.14. The minimum absolute atomic E-state index is 0.131. The van der Waals surface area contributed by atoms with Crippen LogP contribution >= 0.6 is 23.2 Å². The summed E-state index contributed by atoms with van der Waals surface area (Å²) < 4.78 is 5.86. The van der Waals surface area contributed by atoms with E-state index >= 15 is 0 Å². The van der Waals surface area contributed by atoms with Gasteiger partial charge in [-0.15, -0.1) is 0 Å². The van der Waals surface area contributed by atoms with Crippen molar-refractivity contribution >= 4 is 34.9 Å². The predicted octanol–water partition coefficient (Wildman–Crippen LogP) is 4.90. The topological polar surface area (TPSA) is 63.2 Å². The van der Waals surface area contributed by atoms with Crippen LogP contribution in [0, 0.1) is 0 Å². The molecule has 1 aromatic heterocycles. The van der Waals surface area contributed by atoms with E-state index in [1.54, 1.807) is 24.4 Å². The van der Waals surface area contributed by atoms with E-state index in [2.05, 4.69) is 15.6 Å². The number of amides is 2. The maximum atomic E-state index is 12.1. The Bertz CT molecular complexity index is 720. The number of nitrogens with one attached hydrogen (secondary N) is 2. The SMILES string of the molecule is O=C(Nc1ccc(Cl)c(Cl)c1)NC1CCC(Oc2ccccn2)CC1. The van der Waals surface area contributed by atoms with Crippen LogP contribution in [0.5, 0.6) is 5.88 Å². The number of pyridine rings is 1. The van der Waals surface area contributed by atoms with Crippen molar-refractivity contribution in [3.63, 3.8) is 0 Å². The second-order valence-electron chi connectivity index (χ2n) is 5.99. The lowest BCUT2D eigenvalue weighted by Gasteiger charge is -2.29. The van der Waals surface area contributed by atoms with Gasteiger partial charge in [0, 0.05) is 24.0 Å². The minimum Gasteiger partial charge on any atom is -0.474 e. The first-order valence-corrected chi connectivity index (χ1v) is 8.96. The Kier molecular flexibility index (Phi) is 6.00. The predicted molar refractivity (Wildman–Crippen MR) is 99.5 cm³/mol. The number of ether oxygens (including phenoxy) is 1. The van der Waals surface area contributed by atoms with Crippen LogP contribution in [-0.2, 0) is 0 Å². The molecule has 1 heterocycles. The molecule has 5 nitrogen and oxygen atoms in total. The molecular formula is C18H19Cl2N3O2. The summed E-state index contributed by atoms with van der Waals surface area (Å²) in [6.07, 6.45) is 5.36. The molecule has 0 atom stereocenters. The van der Waals surface area contributed by atoms with E-state index in [1.807, 2.05) is 18.2 Å². The van der Waals surface area contributed by atoms with E-state index in [9.17, 15) is 4.79 Å². The summed E-state index contributed by atoms with van der Waals surface area (Å²) in [5.41, 5.74) is 0.610. The van der Waals surface area contributed by atoms with Gasteiger partial charge in [0.15, 0.2) is 0 Å². The van der Waals surface area contributed by atoms with Crippen LogP contribution in [0.25, 0.3) is 0 Å². The van der Waals surface area contributed by atoms with Crippen LogP contribution in [0.15, 0.2) is 42.6 Å². The number of benzene rings is 1. The number of halogens is 2. The molecule has 1 fully saturated rings. The maximum absolute atomic E-state index is 12.1. The number of hydrogen-bond acceptors (Lipinski definition) is 3. The average Bonchev–Trinajstić information content (AvgIpc) is 2.61. The number of anilines is 1. The Morgan fingerprint density at radius 2 is 1.88 bits per heavy atom. The fourth-order valence-electron chi connectivity index (χ4n) is 2.84. The lowest BCUT2D eigenvalue weighted by atomic mass is 9.93. The van der Waals surface area contributed by atoms with Gasteiger partial charge >= 0.3 is 6.03 Å². The zero-order valence-corrected chi connectivity index (χ0v) is 15.1. The lowest BCUT2D eigenvalue weighted by Crippen LogP contribution is -2.41. The second kappa shape index (κ2) is 8.41. The lowest BCUT2D eigenvalue weighted by molar-refractivity contribution is 0.135. The molecule has 0 radical (unpaired) electrons. The fraction of sp³-hybridized carbons (Fsp3) is 0.333. The van der Waals surface area contributed by atoms with Crippen LogP contribution in [0.2, 0.25) is 10.0 Å². The standard InChI is InChI=1S/C18H19Cl2N3O2/c19-15-9-6-13(11-16(15)20)23-18(24)22-12-4-7-14(8-5-12)25-17-3-1-2-10-21-17/h1-3,6,9-12,14H,4-5,7-8H2,(H2,22,23,24). The molecule has 2 aromatic rings. The van der Waals surface area contributed by atoms with Crippen LogP contribution in [0.1, 0.15) is 25.7 Å². The molecule has 2 amide bonds. The molecule has 1 aromatic carbocycles. The normalized spacial score (nSPS) is 19.9. The van der Waals surface area contributed by atoms with Gasteiger partial charge < -0.3 is 15.4 Å². The Morgan fingerprint density at radius 3 is 2.56 bits per heavy atom. The smallest absolute Gasteiger partial charge is 0.319 e. The minimum atomic E-state index is -0.243. The summed E-state index contributed by atoms with van der Waals surface area (Å²) in [5, 5.41) is 6.63. The molecule has 3 rings (SSSR count). The quantitative estimate of drug-likeness (QED) is 0.793. The first kappa shape index (κ1) is 17.8. The third-order valence-electron chi connectivity index (χ3n) is 4.11. The molecule has 1 aliphatic carbocycles. The maximum Gasteiger partial charge on any atom is 0.319 e. The molecule has 1 aliphatic rings. The average molecular weight is 380 g/mol. The first-order chi connectivity index (χ1) is 12.1. The van der Waals surface area contributed by atoms with Gasteiger partial charge in [-0.05, 0) is 49.9 Å². The van der Waals surface area contributed by atoms with Crippen molar-refractivity contribution in [1.29, 1.82) is 0 Å². The van der Waals surface area contributed by atoms with Crippen molar-refractivity contribution in [2.24, 2.45) is 0 Å². The van der Waals surface area contributed by atoms with Crippen LogP contribution in [0.3, 0.4) is 0 Å². The third kappa shape index (κ3) is 5.25. The summed E-state index contributed by atoms with van der Waals surface area (Å²) in [4.78, 5) is 16.3. The van der Waals surface area contributed by atoms with Gasteiger partial charge in [0.05, 0.1) is 10.0 Å². The van der Waals surface area contributed by atoms with Crippen molar-refractivity contribution in [3.8, 4) is 5.88 Å². The summed E-state index contributed by atoms with van der Waals surface area (Å²) in [5.74, 6) is 0.649. The van der Waals surface area contributed by atoms with E-state index in [0.717, 1.165) is 25.7 Å². The molecule has 25 heavy (non-hydrogen) atoms. The molecule has 132 valence electrons. The number of aromatic nitrogens is 1. The molecule has 0 saturated heterocycles. The Labute approximate surface area is 156 Å². The molecule has 0 unspecified atom stereocenters. The van der Waals surface area contributed by atoms with Crippen LogP contribution in [-0.4, -0.2) is 23.2 Å². The Morgan fingerprint density at radius 1 is 1.08 bits per heavy atom. The molecule has 0 spiro atoms. The van der Waals surface area contributed by atoms with E-state index in [1.165, 1.54) is 0 Å². The largest absolute Gasteiger partial charge is 0.474 e. The Hall–Kier alpha value is -1.98. The van der Waals surface area contributed by atoms with Crippen molar-refractivity contribution in [3.05, 3.63) is 52.6 Å². The van der Waals surface area contributed by atoms with Crippen LogP contribution < -0.4 is 15.4 Å². The summed E-state index contributed by atoms with van der Waals surface area (Å²) >= 11 is 11.8. The van der Waals surface area contributed by atoms with Crippen molar-refractivity contribution < 1.29 is 9.53 Å². The zero-order valence-electron chi connectivity index (χ0n) is 13.5. The highest BCUT2D eigenvalue weighted by molar-refractivity contribution is 6.42. The van der Waals surface area contributed by atoms with E-state index < -0.39 is 0 Å². The monoisotopic (exact) mass is 379 g/mol. The molecule has 0 bridgehead atoms. The van der Waals surface area contributed by atoms with Gasteiger partial charge in [0.25, 0.3) is 0 Å². The van der Waals surface area contributed by atoms with Crippen molar-refractivity contribution in [2.75, 3.05) is 5.32 Å². The summed E-state index contributed by atoms with van der Waals surface area (Å²) in [6.45, 7) is 0. The molecule has 1 saturated carbocycles. The highest BCUT2D eigenvalue weighted by atomic mass is 35.5. The number of nitrogens with zero attached hydrogens (tertiary/aromatic N) is 1. The van der Waals surface area contributed by atoms with Crippen LogP contribution in [0.4, 0.5) is 10.5 Å². The third-order valence-corrected chi connectivity index (χ3v) is 4.85. The number of rotatable bonds is 4. The number of urea groups is 1. The van der Waals surface area contributed by atoms with E-state index in [4.69, 9.17) is 27.9 Å². The van der Waals surface area contributed by atoms with E-state index in [0.29, 0.717) is 21.6 Å².